The summed E-state index contributed by atoms with van der Waals surface area (Å²) in [7, 11) is -1.43. The number of hydrogen-bond acceptors (Lipinski definition) is 4. The standard InChI is InChI=1S/C18H23N3O2S/c1-15-5-3-4-6-18(15)24(22,23)19-16-7-9-17(10-8-16)21-13-11-20(2)12-14-21/h3-10,19H,11-14H2,1-2H3. The summed E-state index contributed by atoms with van der Waals surface area (Å²) in [6.45, 7) is 5.87. The molecular weight excluding hydrogens is 322 g/mol. The predicted molar refractivity (Wildman–Crippen MR) is 98.1 cm³/mol. The Morgan fingerprint density at radius 1 is 0.917 bits per heavy atom. The number of likely N-dealkylation sites (N-methyl/N-ethyl adjacent to an activating group) is 1. The highest BCUT2D eigenvalue weighted by molar-refractivity contribution is 7.92. The van der Waals surface area contributed by atoms with Crippen LogP contribution in [0.5, 0.6) is 0 Å². The Morgan fingerprint density at radius 2 is 1.54 bits per heavy atom. The number of nitrogens with one attached hydrogen (secondary N) is 1. The lowest BCUT2D eigenvalue weighted by Crippen LogP contribution is -2.44. The molecule has 2 aromatic rings. The van der Waals surface area contributed by atoms with E-state index in [-0.39, 0.29) is 0 Å². The Kier molecular flexibility index (Phi) is 4.78. The van der Waals surface area contributed by atoms with Crippen molar-refractivity contribution < 1.29 is 8.42 Å². The first-order chi connectivity index (χ1) is 11.5. The van der Waals surface area contributed by atoms with E-state index in [1.165, 1.54) is 0 Å². The van der Waals surface area contributed by atoms with E-state index in [2.05, 4.69) is 21.6 Å². The molecular formula is C18H23N3O2S. The van der Waals surface area contributed by atoms with Crippen molar-refractivity contribution in [1.82, 2.24) is 4.90 Å². The highest BCUT2D eigenvalue weighted by atomic mass is 32.2. The summed E-state index contributed by atoms with van der Waals surface area (Å²) in [6.07, 6.45) is 0. The van der Waals surface area contributed by atoms with Crippen LogP contribution in [0.4, 0.5) is 11.4 Å². The fraction of sp³-hybridized carbons (Fsp3) is 0.333. The van der Waals surface area contributed by atoms with Crippen molar-refractivity contribution in [2.75, 3.05) is 42.8 Å². The third-order valence-corrected chi connectivity index (χ3v) is 5.91. The van der Waals surface area contributed by atoms with Crippen LogP contribution in [0.15, 0.2) is 53.4 Å². The van der Waals surface area contributed by atoms with E-state index in [1.54, 1.807) is 25.1 Å². The van der Waals surface area contributed by atoms with Crippen LogP contribution in [0.2, 0.25) is 0 Å². The normalized spacial score (nSPS) is 16.2. The molecule has 0 radical (unpaired) electrons. The van der Waals surface area contributed by atoms with Crippen molar-refractivity contribution >= 4 is 21.4 Å². The molecule has 0 amide bonds. The van der Waals surface area contributed by atoms with Crippen molar-refractivity contribution in [3.05, 3.63) is 54.1 Å². The zero-order valence-electron chi connectivity index (χ0n) is 14.1. The number of hydrogen-bond donors (Lipinski definition) is 1. The highest BCUT2D eigenvalue weighted by Crippen LogP contribution is 2.22. The van der Waals surface area contributed by atoms with Crippen LogP contribution in [0, 0.1) is 6.92 Å². The zero-order valence-corrected chi connectivity index (χ0v) is 14.9. The molecule has 3 rings (SSSR count). The summed E-state index contributed by atoms with van der Waals surface area (Å²) in [5, 5.41) is 0. The highest BCUT2D eigenvalue weighted by Gasteiger charge is 2.17. The zero-order chi connectivity index (χ0) is 17.2. The summed E-state index contributed by atoms with van der Waals surface area (Å²) in [6, 6.07) is 14.6. The van der Waals surface area contributed by atoms with Gasteiger partial charge in [0, 0.05) is 37.6 Å². The van der Waals surface area contributed by atoms with E-state index in [4.69, 9.17) is 0 Å². The van der Waals surface area contributed by atoms with Crippen molar-refractivity contribution in [3.63, 3.8) is 0 Å². The first kappa shape index (κ1) is 16.8. The SMILES string of the molecule is Cc1ccccc1S(=O)(=O)Nc1ccc(N2CCN(C)CC2)cc1. The van der Waals surface area contributed by atoms with Crippen LogP contribution in [-0.4, -0.2) is 46.5 Å². The molecule has 2 aromatic carbocycles. The number of sulfonamides is 1. The van der Waals surface area contributed by atoms with Gasteiger partial charge in [0.2, 0.25) is 0 Å². The van der Waals surface area contributed by atoms with Gasteiger partial charge in [-0.3, -0.25) is 4.72 Å². The molecule has 5 nitrogen and oxygen atoms in total. The maximum Gasteiger partial charge on any atom is 0.262 e. The Morgan fingerprint density at radius 3 is 2.17 bits per heavy atom. The molecule has 24 heavy (non-hydrogen) atoms. The molecule has 6 heteroatoms. The second-order valence-corrected chi connectivity index (χ2v) is 7.86. The van der Waals surface area contributed by atoms with Gasteiger partial charge in [0.25, 0.3) is 10.0 Å². The molecule has 0 unspecified atom stereocenters. The lowest BCUT2D eigenvalue weighted by atomic mass is 10.2. The van der Waals surface area contributed by atoms with Gasteiger partial charge in [-0.2, -0.15) is 0 Å². The largest absolute Gasteiger partial charge is 0.369 e. The fourth-order valence-corrected chi connectivity index (χ4v) is 4.18. The van der Waals surface area contributed by atoms with Gasteiger partial charge in [-0.05, 0) is 49.9 Å². The molecule has 1 N–H and O–H groups in total. The average molecular weight is 345 g/mol. The first-order valence-electron chi connectivity index (χ1n) is 8.08. The molecule has 0 spiro atoms. The number of rotatable bonds is 4. The summed E-state index contributed by atoms with van der Waals surface area (Å²) >= 11 is 0. The Bertz CT molecular complexity index is 795. The Balaban J connectivity index is 1.73. The van der Waals surface area contributed by atoms with Gasteiger partial charge < -0.3 is 9.80 Å². The molecule has 0 saturated carbocycles. The summed E-state index contributed by atoms with van der Waals surface area (Å²) in [4.78, 5) is 4.94. The summed E-state index contributed by atoms with van der Waals surface area (Å²) < 4.78 is 27.7. The second-order valence-electron chi connectivity index (χ2n) is 6.21. The Labute approximate surface area is 144 Å². The van der Waals surface area contributed by atoms with Crippen molar-refractivity contribution in [2.45, 2.75) is 11.8 Å². The molecule has 0 atom stereocenters. The van der Waals surface area contributed by atoms with Crippen LogP contribution >= 0.6 is 0 Å². The van der Waals surface area contributed by atoms with Gasteiger partial charge in [-0.25, -0.2) is 8.42 Å². The lowest BCUT2D eigenvalue weighted by molar-refractivity contribution is 0.313. The molecule has 1 saturated heterocycles. The lowest BCUT2D eigenvalue weighted by Gasteiger charge is -2.34. The van der Waals surface area contributed by atoms with Gasteiger partial charge >= 0.3 is 0 Å². The van der Waals surface area contributed by atoms with E-state index < -0.39 is 10.0 Å². The minimum absolute atomic E-state index is 0.313. The van der Waals surface area contributed by atoms with Crippen LogP contribution in [0.3, 0.4) is 0 Å². The molecule has 128 valence electrons. The van der Waals surface area contributed by atoms with Crippen molar-refractivity contribution in [2.24, 2.45) is 0 Å². The van der Waals surface area contributed by atoms with Gasteiger partial charge in [-0.15, -0.1) is 0 Å². The van der Waals surface area contributed by atoms with Crippen LogP contribution in [-0.2, 0) is 10.0 Å². The number of benzene rings is 2. The monoisotopic (exact) mass is 345 g/mol. The minimum atomic E-state index is -3.56. The fourth-order valence-electron chi connectivity index (χ4n) is 2.87. The molecule has 1 heterocycles. The molecule has 0 aliphatic carbocycles. The summed E-state index contributed by atoms with van der Waals surface area (Å²) in [5.74, 6) is 0. The quantitative estimate of drug-likeness (QED) is 0.925. The number of piperazine rings is 1. The van der Waals surface area contributed by atoms with E-state index in [1.807, 2.05) is 30.3 Å². The first-order valence-corrected chi connectivity index (χ1v) is 9.56. The van der Waals surface area contributed by atoms with Crippen LogP contribution < -0.4 is 9.62 Å². The van der Waals surface area contributed by atoms with Crippen molar-refractivity contribution in [1.29, 1.82) is 0 Å². The van der Waals surface area contributed by atoms with E-state index in [0.29, 0.717) is 10.6 Å². The van der Waals surface area contributed by atoms with Gasteiger partial charge in [-0.1, -0.05) is 18.2 Å². The molecule has 0 aromatic heterocycles. The molecule has 0 bridgehead atoms. The third-order valence-electron chi connectivity index (χ3n) is 4.37. The third kappa shape index (κ3) is 3.71. The van der Waals surface area contributed by atoms with Crippen LogP contribution in [0.25, 0.3) is 0 Å². The van der Waals surface area contributed by atoms with Crippen molar-refractivity contribution in [3.8, 4) is 0 Å². The van der Waals surface area contributed by atoms with Gasteiger partial charge in [0.1, 0.15) is 0 Å². The van der Waals surface area contributed by atoms with E-state index >= 15 is 0 Å². The van der Waals surface area contributed by atoms with E-state index in [0.717, 1.165) is 37.4 Å². The maximum absolute atomic E-state index is 12.5. The minimum Gasteiger partial charge on any atom is -0.369 e. The van der Waals surface area contributed by atoms with Crippen LogP contribution in [0.1, 0.15) is 5.56 Å². The molecule has 1 aliphatic heterocycles. The number of aryl methyl sites for hydroxylation is 1. The van der Waals surface area contributed by atoms with E-state index in [9.17, 15) is 8.42 Å². The Hall–Kier alpha value is -2.05. The molecule has 1 fully saturated rings. The van der Waals surface area contributed by atoms with Gasteiger partial charge in [0.15, 0.2) is 0 Å². The van der Waals surface area contributed by atoms with Gasteiger partial charge in [0.05, 0.1) is 4.90 Å². The second kappa shape index (κ2) is 6.83. The smallest absolute Gasteiger partial charge is 0.262 e. The number of anilines is 2. The topological polar surface area (TPSA) is 52.7 Å². The predicted octanol–water partition coefficient (Wildman–Crippen LogP) is 2.55. The average Bonchev–Trinajstić information content (AvgIpc) is 2.56. The maximum atomic E-state index is 12.5. The molecule has 1 aliphatic rings. The number of nitrogens with zero attached hydrogens (tertiary/aromatic N) is 2. The summed E-state index contributed by atoms with van der Waals surface area (Å²) in [5.41, 5.74) is 2.44.